The van der Waals surface area contributed by atoms with Gasteiger partial charge in [0.1, 0.15) is 0 Å². The molecule has 0 N–H and O–H groups in total. The minimum absolute atomic E-state index is 0.500. The normalized spacial score (nSPS) is 23.4. The first-order valence-electron chi connectivity index (χ1n) is 7.62. The summed E-state index contributed by atoms with van der Waals surface area (Å²) in [7, 11) is 0. The lowest BCUT2D eigenvalue weighted by Crippen LogP contribution is -2.18. The maximum absolute atomic E-state index is 2.57. The quantitative estimate of drug-likeness (QED) is 0.502. The fourth-order valence-corrected chi connectivity index (χ4v) is 3.18. The Morgan fingerprint density at radius 3 is 2.29 bits per heavy atom. The highest BCUT2D eigenvalue weighted by Crippen LogP contribution is 2.38. The van der Waals surface area contributed by atoms with Crippen LogP contribution in [-0.4, -0.2) is 0 Å². The third kappa shape index (κ3) is 4.69. The van der Waals surface area contributed by atoms with Crippen LogP contribution in [0.3, 0.4) is 0 Å². The van der Waals surface area contributed by atoms with Gasteiger partial charge in [-0.3, -0.25) is 0 Å². The summed E-state index contributed by atoms with van der Waals surface area (Å²) < 4.78 is 0. The highest BCUT2D eigenvalue weighted by atomic mass is 14.3. The van der Waals surface area contributed by atoms with Gasteiger partial charge in [0, 0.05) is 0 Å². The monoisotopic (exact) mass is 234 g/mol. The topological polar surface area (TPSA) is 0 Å². The van der Waals surface area contributed by atoms with Crippen LogP contribution in [0.1, 0.15) is 72.1 Å². The van der Waals surface area contributed by atoms with Crippen LogP contribution >= 0.6 is 0 Å². The van der Waals surface area contributed by atoms with Crippen molar-refractivity contribution in [3.05, 3.63) is 24.3 Å². The molecule has 1 rings (SSSR count). The summed E-state index contributed by atoms with van der Waals surface area (Å²) in [6.07, 6.45) is 20.5. The number of hydrogen-bond donors (Lipinski definition) is 0. The standard InChI is InChI=1S/C17H30/c1-4-9-16-10-7-8-14-17(12-5-2,13-6-3)15-11-16/h7,10-11,15-16H,4-6,8-9,12-14H2,1-3H3. The van der Waals surface area contributed by atoms with Crippen LogP contribution in [0.25, 0.3) is 0 Å². The molecular formula is C17H30. The van der Waals surface area contributed by atoms with Gasteiger partial charge in [-0.2, -0.15) is 0 Å². The molecule has 0 heterocycles. The van der Waals surface area contributed by atoms with E-state index in [0.717, 1.165) is 0 Å². The van der Waals surface area contributed by atoms with E-state index >= 15 is 0 Å². The van der Waals surface area contributed by atoms with Crippen LogP contribution in [0.15, 0.2) is 24.3 Å². The second-order valence-electron chi connectivity index (χ2n) is 5.64. The Balaban J connectivity index is 2.76. The third-order valence-corrected chi connectivity index (χ3v) is 4.01. The Morgan fingerprint density at radius 1 is 1.00 bits per heavy atom. The summed E-state index contributed by atoms with van der Waals surface area (Å²) in [5.74, 6) is 0.688. The highest BCUT2D eigenvalue weighted by Gasteiger charge is 2.25. The Hall–Kier alpha value is -0.520. The van der Waals surface area contributed by atoms with Crippen molar-refractivity contribution in [1.29, 1.82) is 0 Å². The summed E-state index contributed by atoms with van der Waals surface area (Å²) in [4.78, 5) is 0. The smallest absolute Gasteiger partial charge is 0.00534 e. The second-order valence-corrected chi connectivity index (χ2v) is 5.64. The molecular weight excluding hydrogens is 204 g/mol. The number of allylic oxidation sites excluding steroid dienone is 4. The molecule has 0 fully saturated rings. The predicted molar refractivity (Wildman–Crippen MR) is 78.2 cm³/mol. The van der Waals surface area contributed by atoms with Gasteiger partial charge >= 0.3 is 0 Å². The van der Waals surface area contributed by atoms with Crippen molar-refractivity contribution in [1.82, 2.24) is 0 Å². The second kappa shape index (κ2) is 7.74. The first-order chi connectivity index (χ1) is 8.26. The van der Waals surface area contributed by atoms with Gasteiger partial charge in [-0.1, -0.05) is 64.3 Å². The molecule has 1 aliphatic carbocycles. The van der Waals surface area contributed by atoms with Crippen molar-refractivity contribution in [2.75, 3.05) is 0 Å². The molecule has 98 valence electrons. The van der Waals surface area contributed by atoms with Gasteiger partial charge in [-0.25, -0.2) is 0 Å². The minimum Gasteiger partial charge on any atom is -0.0879 e. The van der Waals surface area contributed by atoms with Crippen molar-refractivity contribution >= 4 is 0 Å². The van der Waals surface area contributed by atoms with Crippen LogP contribution in [-0.2, 0) is 0 Å². The zero-order valence-electron chi connectivity index (χ0n) is 12.0. The van der Waals surface area contributed by atoms with Crippen molar-refractivity contribution in [2.24, 2.45) is 11.3 Å². The minimum atomic E-state index is 0.500. The van der Waals surface area contributed by atoms with Gasteiger partial charge in [0.05, 0.1) is 0 Å². The van der Waals surface area contributed by atoms with E-state index in [-0.39, 0.29) is 0 Å². The van der Waals surface area contributed by atoms with Gasteiger partial charge in [0.15, 0.2) is 0 Å². The largest absolute Gasteiger partial charge is 0.0879 e. The zero-order chi connectivity index (χ0) is 12.6. The van der Waals surface area contributed by atoms with Crippen molar-refractivity contribution in [3.8, 4) is 0 Å². The summed E-state index contributed by atoms with van der Waals surface area (Å²) in [5.41, 5.74) is 0.500. The van der Waals surface area contributed by atoms with Crippen LogP contribution in [0, 0.1) is 11.3 Å². The summed E-state index contributed by atoms with van der Waals surface area (Å²) in [6.45, 7) is 6.93. The Morgan fingerprint density at radius 2 is 1.71 bits per heavy atom. The molecule has 0 aromatic heterocycles. The molecule has 17 heavy (non-hydrogen) atoms. The Kier molecular flexibility index (Phi) is 6.62. The average molecular weight is 234 g/mol. The molecule has 0 bridgehead atoms. The molecule has 1 aliphatic rings. The molecule has 0 heteroatoms. The molecule has 0 radical (unpaired) electrons. The highest BCUT2D eigenvalue weighted by molar-refractivity contribution is 5.09. The predicted octanol–water partition coefficient (Wildman–Crippen LogP) is 5.90. The lowest BCUT2D eigenvalue weighted by atomic mass is 9.73. The molecule has 0 aromatic rings. The van der Waals surface area contributed by atoms with E-state index in [9.17, 15) is 0 Å². The van der Waals surface area contributed by atoms with Crippen LogP contribution in [0.5, 0.6) is 0 Å². The molecule has 1 unspecified atom stereocenters. The summed E-state index contributed by atoms with van der Waals surface area (Å²) in [5, 5.41) is 0. The van der Waals surface area contributed by atoms with Gasteiger partial charge in [0.25, 0.3) is 0 Å². The molecule has 0 spiro atoms. The van der Waals surface area contributed by atoms with Crippen molar-refractivity contribution in [2.45, 2.75) is 72.1 Å². The van der Waals surface area contributed by atoms with Gasteiger partial charge < -0.3 is 0 Å². The molecule has 0 saturated heterocycles. The van der Waals surface area contributed by atoms with E-state index in [1.54, 1.807) is 0 Å². The van der Waals surface area contributed by atoms with E-state index in [2.05, 4.69) is 45.1 Å². The summed E-state index contributed by atoms with van der Waals surface area (Å²) in [6, 6.07) is 0. The van der Waals surface area contributed by atoms with E-state index in [1.807, 2.05) is 0 Å². The van der Waals surface area contributed by atoms with Crippen LogP contribution < -0.4 is 0 Å². The molecule has 0 nitrogen and oxygen atoms in total. The van der Waals surface area contributed by atoms with Gasteiger partial charge in [-0.05, 0) is 43.4 Å². The fourth-order valence-electron chi connectivity index (χ4n) is 3.18. The lowest BCUT2D eigenvalue weighted by molar-refractivity contribution is 0.290. The number of hydrogen-bond acceptors (Lipinski definition) is 0. The maximum atomic E-state index is 2.57. The van der Waals surface area contributed by atoms with E-state index in [1.165, 1.54) is 51.4 Å². The Bertz CT molecular complexity index is 241. The third-order valence-electron chi connectivity index (χ3n) is 4.01. The fraction of sp³-hybridized carbons (Fsp3) is 0.765. The van der Waals surface area contributed by atoms with Gasteiger partial charge in [0.2, 0.25) is 0 Å². The van der Waals surface area contributed by atoms with Gasteiger partial charge in [-0.15, -0.1) is 0 Å². The molecule has 0 aromatic carbocycles. The maximum Gasteiger partial charge on any atom is -0.00534 e. The van der Waals surface area contributed by atoms with Crippen LogP contribution in [0.2, 0.25) is 0 Å². The number of rotatable bonds is 6. The first kappa shape index (κ1) is 14.5. The van der Waals surface area contributed by atoms with E-state index < -0.39 is 0 Å². The van der Waals surface area contributed by atoms with E-state index in [0.29, 0.717) is 11.3 Å². The first-order valence-corrected chi connectivity index (χ1v) is 7.62. The van der Waals surface area contributed by atoms with Crippen molar-refractivity contribution < 1.29 is 0 Å². The molecule has 1 atom stereocenters. The van der Waals surface area contributed by atoms with E-state index in [4.69, 9.17) is 0 Å². The zero-order valence-corrected chi connectivity index (χ0v) is 12.0. The molecule has 0 aliphatic heterocycles. The summed E-state index contributed by atoms with van der Waals surface area (Å²) >= 11 is 0. The Labute approximate surface area is 108 Å². The molecule has 0 amide bonds. The SMILES string of the molecule is CCCC1C=CCCC(CCC)(CCC)C=C1. The lowest BCUT2D eigenvalue weighted by Gasteiger charge is -2.31. The molecule has 0 saturated carbocycles. The van der Waals surface area contributed by atoms with Crippen LogP contribution in [0.4, 0.5) is 0 Å². The van der Waals surface area contributed by atoms with Crippen molar-refractivity contribution in [3.63, 3.8) is 0 Å². The average Bonchev–Trinajstić information content (AvgIpc) is 2.29.